The number of hydrogen-bond acceptors (Lipinski definition) is 12. The number of piperidine rings is 2. The van der Waals surface area contributed by atoms with E-state index in [0.717, 1.165) is 88.3 Å². The lowest BCUT2D eigenvalue weighted by Crippen LogP contribution is -2.56. The molecule has 4 aromatic rings. The quantitative estimate of drug-likeness (QED) is 0.160. The van der Waals surface area contributed by atoms with Crippen LogP contribution >= 0.6 is 22.7 Å². The lowest BCUT2D eigenvalue weighted by molar-refractivity contribution is -0.276. The minimum atomic E-state index is -4.65. The molecule has 18 heteroatoms. The van der Waals surface area contributed by atoms with Crippen LogP contribution in [-0.4, -0.2) is 107 Å². The van der Waals surface area contributed by atoms with Crippen LogP contribution in [0.5, 0.6) is 11.5 Å². The second kappa shape index (κ2) is 16.9. The first-order chi connectivity index (χ1) is 28.8. The minimum absolute atomic E-state index is 0.0468. The first kappa shape index (κ1) is 41.6. The van der Waals surface area contributed by atoms with Gasteiger partial charge in [-0.25, -0.2) is 0 Å². The van der Waals surface area contributed by atoms with E-state index in [1.165, 1.54) is 50.7 Å². The molecule has 10 nitrogen and oxygen atoms in total. The molecule has 4 saturated heterocycles. The Morgan fingerprint density at radius 1 is 0.550 bits per heavy atom. The summed E-state index contributed by atoms with van der Waals surface area (Å²) in [7, 11) is 0. The molecule has 0 bridgehead atoms. The molecular formula is C42H50F6N8O2S2. The van der Waals surface area contributed by atoms with Gasteiger partial charge < -0.3 is 29.1 Å². The number of nitrogens with zero attached hydrogens (tertiary/aromatic N) is 8. The van der Waals surface area contributed by atoms with Crippen LogP contribution < -0.4 is 19.3 Å². The number of halogens is 6. The monoisotopic (exact) mass is 876 g/mol. The Hall–Kier alpha value is -3.74. The van der Waals surface area contributed by atoms with Crippen LogP contribution in [0, 0.1) is 10.8 Å². The number of rotatable bonds is 8. The predicted octanol–water partition coefficient (Wildman–Crippen LogP) is 9.35. The van der Waals surface area contributed by atoms with Crippen molar-refractivity contribution in [3.05, 3.63) is 70.7 Å². The van der Waals surface area contributed by atoms with Crippen molar-refractivity contribution in [2.45, 2.75) is 101 Å². The molecule has 2 saturated carbocycles. The first-order valence-electron chi connectivity index (χ1n) is 21.0. The Balaban J connectivity index is 0.000000154. The summed E-state index contributed by atoms with van der Waals surface area (Å²) < 4.78 is 85.0. The SMILES string of the molecule is FC(F)(F)Oc1ccccc1C1CCN([C@@H]2CCC3(C2)CN(c2nncs2)C3)CC1.FC(F)(F)Oc1ccccc1C1CCN([C@H]2CCC3(C2)CN(c2nncs2)C3)CC1. The summed E-state index contributed by atoms with van der Waals surface area (Å²) in [5, 5.41) is 18.2. The van der Waals surface area contributed by atoms with Crippen LogP contribution in [-0.2, 0) is 0 Å². The smallest absolute Gasteiger partial charge is 0.405 e. The highest BCUT2D eigenvalue weighted by atomic mass is 32.1. The van der Waals surface area contributed by atoms with Crippen LogP contribution in [0.4, 0.5) is 36.6 Å². The average molecular weight is 877 g/mol. The zero-order valence-electron chi connectivity index (χ0n) is 33.3. The molecule has 2 aromatic heterocycles. The average Bonchev–Trinajstić information content (AvgIpc) is 4.04. The van der Waals surface area contributed by atoms with Gasteiger partial charge in [0.25, 0.3) is 0 Å². The molecule has 0 unspecified atom stereocenters. The van der Waals surface area contributed by atoms with Gasteiger partial charge in [-0.15, -0.1) is 46.7 Å². The summed E-state index contributed by atoms with van der Waals surface area (Å²) in [6.45, 7) is 8.01. The molecule has 6 aliphatic rings. The summed E-state index contributed by atoms with van der Waals surface area (Å²) in [6.07, 6.45) is 1.52. The van der Waals surface area contributed by atoms with Crippen molar-refractivity contribution < 1.29 is 35.8 Å². The molecule has 0 radical (unpaired) electrons. The maximum Gasteiger partial charge on any atom is 0.573 e. The second-order valence-corrected chi connectivity index (χ2v) is 19.4. The highest BCUT2D eigenvalue weighted by molar-refractivity contribution is 7.13. The van der Waals surface area contributed by atoms with Gasteiger partial charge in [-0.1, -0.05) is 59.1 Å². The molecule has 2 spiro atoms. The van der Waals surface area contributed by atoms with Gasteiger partial charge in [0.05, 0.1) is 0 Å². The maximum atomic E-state index is 12.7. The zero-order valence-corrected chi connectivity index (χ0v) is 34.9. The maximum absolute atomic E-state index is 12.7. The molecule has 10 rings (SSSR count). The highest BCUT2D eigenvalue weighted by Gasteiger charge is 2.51. The van der Waals surface area contributed by atoms with Gasteiger partial charge in [0, 0.05) is 49.1 Å². The number of hydrogen-bond donors (Lipinski definition) is 0. The topological polar surface area (TPSA) is 83.0 Å². The summed E-state index contributed by atoms with van der Waals surface area (Å²) >= 11 is 3.19. The minimum Gasteiger partial charge on any atom is -0.405 e. The summed E-state index contributed by atoms with van der Waals surface area (Å²) in [5.74, 6) is 0.141. The fourth-order valence-corrected chi connectivity index (χ4v) is 12.3. The number of aromatic nitrogens is 4. The number of alkyl halides is 6. The van der Waals surface area contributed by atoms with Gasteiger partial charge in [0.1, 0.15) is 22.5 Å². The van der Waals surface area contributed by atoms with Gasteiger partial charge in [0.2, 0.25) is 10.3 Å². The van der Waals surface area contributed by atoms with Crippen LogP contribution in [0.25, 0.3) is 0 Å². The Morgan fingerprint density at radius 2 is 0.933 bits per heavy atom. The molecule has 0 amide bonds. The predicted molar refractivity (Wildman–Crippen MR) is 218 cm³/mol. The van der Waals surface area contributed by atoms with Crippen LogP contribution in [0.3, 0.4) is 0 Å². The molecule has 4 aliphatic heterocycles. The summed E-state index contributed by atoms with van der Waals surface area (Å²) in [5.41, 5.74) is 5.73. The second-order valence-electron chi connectivity index (χ2n) is 17.7. The van der Waals surface area contributed by atoms with E-state index in [4.69, 9.17) is 0 Å². The first-order valence-corrected chi connectivity index (χ1v) is 22.8. The lowest BCUT2D eigenvalue weighted by Gasteiger charge is -2.48. The standard InChI is InChI=1S/2C21H25F3N4OS/c2*22-21(23,24)29-18-4-2-1-3-17(18)15-6-9-27(10-7-15)16-5-8-20(11-16)12-28(13-20)19-26-25-14-30-19/h2*1-4,14-16H,5-13H2/t2*16-/m10/s1. The van der Waals surface area contributed by atoms with Crippen LogP contribution in [0.15, 0.2) is 59.6 Å². The molecule has 0 N–H and O–H groups in total. The lowest BCUT2D eigenvalue weighted by atomic mass is 9.78. The van der Waals surface area contributed by atoms with E-state index in [1.54, 1.807) is 70.1 Å². The van der Waals surface area contributed by atoms with Crippen molar-refractivity contribution in [1.29, 1.82) is 0 Å². The molecule has 6 fully saturated rings. The third-order valence-corrected chi connectivity index (χ3v) is 15.5. The van der Waals surface area contributed by atoms with Gasteiger partial charge in [-0.3, -0.25) is 0 Å². The van der Waals surface area contributed by atoms with Gasteiger partial charge in [0.15, 0.2) is 0 Å². The Morgan fingerprint density at radius 3 is 1.28 bits per heavy atom. The van der Waals surface area contributed by atoms with E-state index in [2.05, 4.69) is 49.5 Å². The molecule has 2 aliphatic carbocycles. The largest absolute Gasteiger partial charge is 0.573 e. The Kier molecular flexibility index (Phi) is 11.7. The van der Waals surface area contributed by atoms with E-state index in [0.29, 0.717) is 34.0 Å². The van der Waals surface area contributed by atoms with Crippen molar-refractivity contribution in [2.75, 3.05) is 62.2 Å². The molecule has 2 aromatic carbocycles. The number of para-hydroxylation sites is 2. The fraction of sp³-hybridized carbons (Fsp3) is 0.619. The van der Waals surface area contributed by atoms with E-state index >= 15 is 0 Å². The van der Waals surface area contributed by atoms with Gasteiger partial charge in [-0.2, -0.15) is 0 Å². The number of ether oxygens (including phenoxy) is 2. The highest BCUT2D eigenvalue weighted by Crippen LogP contribution is 2.51. The normalized spacial score (nSPS) is 24.9. The van der Waals surface area contributed by atoms with Crippen molar-refractivity contribution in [3.8, 4) is 11.5 Å². The summed E-state index contributed by atoms with van der Waals surface area (Å²) in [6, 6.07) is 14.4. The van der Waals surface area contributed by atoms with E-state index in [9.17, 15) is 26.3 Å². The molecular weight excluding hydrogens is 827 g/mol. The molecule has 60 heavy (non-hydrogen) atoms. The van der Waals surface area contributed by atoms with Gasteiger partial charge in [-0.05, 0) is 125 Å². The zero-order chi connectivity index (χ0) is 41.5. The van der Waals surface area contributed by atoms with Crippen molar-refractivity contribution in [2.24, 2.45) is 10.8 Å². The van der Waals surface area contributed by atoms with Gasteiger partial charge >= 0.3 is 12.7 Å². The number of likely N-dealkylation sites (tertiary alicyclic amines) is 2. The fourth-order valence-electron chi connectivity index (χ4n) is 11.2. The third kappa shape index (κ3) is 9.36. The van der Waals surface area contributed by atoms with Crippen molar-refractivity contribution in [1.82, 2.24) is 30.2 Å². The van der Waals surface area contributed by atoms with Crippen molar-refractivity contribution >= 4 is 32.9 Å². The van der Waals surface area contributed by atoms with Crippen molar-refractivity contribution in [3.63, 3.8) is 0 Å². The number of anilines is 2. The van der Waals surface area contributed by atoms with E-state index < -0.39 is 12.7 Å². The Labute approximate surface area is 353 Å². The summed E-state index contributed by atoms with van der Waals surface area (Å²) in [4.78, 5) is 9.77. The molecule has 6 heterocycles. The van der Waals surface area contributed by atoms with Crippen LogP contribution in [0.1, 0.15) is 87.2 Å². The van der Waals surface area contributed by atoms with E-state index in [-0.39, 0.29) is 23.3 Å². The molecule has 2 atom stereocenters. The number of benzene rings is 2. The third-order valence-electron chi connectivity index (χ3n) is 14.0. The van der Waals surface area contributed by atoms with Crippen LogP contribution in [0.2, 0.25) is 0 Å². The Bertz CT molecular complexity index is 1870. The van der Waals surface area contributed by atoms with E-state index in [1.807, 2.05) is 0 Å². The molecule has 324 valence electrons.